The zero-order valence-electron chi connectivity index (χ0n) is 10.2. The fourth-order valence-corrected chi connectivity index (χ4v) is 2.88. The molecule has 0 spiro atoms. The summed E-state index contributed by atoms with van der Waals surface area (Å²) in [6, 6.07) is 3.63. The molecule has 3 rings (SSSR count). The molecule has 0 amide bonds. The number of hydrogen-bond donors (Lipinski definition) is 2. The van der Waals surface area contributed by atoms with Crippen molar-refractivity contribution in [2.45, 2.75) is 28.9 Å². The van der Waals surface area contributed by atoms with Crippen molar-refractivity contribution in [3.05, 3.63) is 40.1 Å². The molecule has 1 heterocycles. The molecule has 1 saturated carbocycles. The molecule has 0 bridgehead atoms. The number of rotatable bonds is 4. The predicted molar refractivity (Wildman–Crippen MR) is 68.6 cm³/mol. The van der Waals surface area contributed by atoms with E-state index >= 15 is 0 Å². The van der Waals surface area contributed by atoms with Gasteiger partial charge in [-0.1, -0.05) is 0 Å². The van der Waals surface area contributed by atoms with Crippen LogP contribution in [0.4, 0.5) is 4.39 Å². The highest BCUT2D eigenvalue weighted by molar-refractivity contribution is 7.99. The summed E-state index contributed by atoms with van der Waals surface area (Å²) >= 11 is 1.04. The number of aromatic carboxylic acids is 1. The quantitative estimate of drug-likeness (QED) is 0.899. The van der Waals surface area contributed by atoms with Crippen molar-refractivity contribution in [2.24, 2.45) is 0 Å². The van der Waals surface area contributed by atoms with Crippen LogP contribution in [0, 0.1) is 5.82 Å². The molecule has 1 aliphatic rings. The number of carbonyl (C=O) groups is 1. The lowest BCUT2D eigenvalue weighted by Crippen LogP contribution is -2.16. The van der Waals surface area contributed by atoms with Gasteiger partial charge in [-0.05, 0) is 42.8 Å². The molecule has 0 saturated heterocycles. The van der Waals surface area contributed by atoms with E-state index in [9.17, 15) is 14.0 Å². The van der Waals surface area contributed by atoms with Crippen LogP contribution in [0.2, 0.25) is 0 Å². The Morgan fingerprint density at radius 1 is 1.50 bits per heavy atom. The number of carboxylic acids is 1. The van der Waals surface area contributed by atoms with E-state index in [1.807, 2.05) is 0 Å². The van der Waals surface area contributed by atoms with E-state index in [-0.39, 0.29) is 17.3 Å². The van der Waals surface area contributed by atoms with Crippen LogP contribution in [0.3, 0.4) is 0 Å². The fraction of sp³-hybridized carbons (Fsp3) is 0.250. The van der Waals surface area contributed by atoms with Crippen LogP contribution in [0.15, 0.2) is 33.0 Å². The van der Waals surface area contributed by atoms with Crippen LogP contribution in [0.5, 0.6) is 0 Å². The molecule has 1 aliphatic carbocycles. The summed E-state index contributed by atoms with van der Waals surface area (Å²) in [6.45, 7) is 0. The average molecular weight is 295 g/mol. The fourth-order valence-electron chi connectivity index (χ4n) is 1.87. The molecular weight excluding hydrogens is 285 g/mol. The Bertz CT molecular complexity index is 736. The minimum Gasteiger partial charge on any atom is -0.478 e. The maximum Gasteiger partial charge on any atom is 0.344 e. The molecule has 0 aliphatic heterocycles. The van der Waals surface area contributed by atoms with E-state index in [1.165, 1.54) is 16.7 Å². The topological polar surface area (TPSA) is 88.0 Å². The third kappa shape index (κ3) is 2.34. The third-order valence-corrected chi connectivity index (χ3v) is 4.00. The van der Waals surface area contributed by atoms with E-state index in [1.54, 1.807) is 0 Å². The van der Waals surface area contributed by atoms with Crippen LogP contribution in [0.25, 0.3) is 0 Å². The van der Waals surface area contributed by atoms with E-state index in [2.05, 4.69) is 10.2 Å². The van der Waals surface area contributed by atoms with Gasteiger partial charge in [-0.25, -0.2) is 19.1 Å². The third-order valence-electron chi connectivity index (χ3n) is 2.96. The van der Waals surface area contributed by atoms with Crippen molar-refractivity contribution in [1.82, 2.24) is 14.8 Å². The molecule has 20 heavy (non-hydrogen) atoms. The summed E-state index contributed by atoms with van der Waals surface area (Å²) in [7, 11) is 0. The Morgan fingerprint density at radius 2 is 2.25 bits per heavy atom. The van der Waals surface area contributed by atoms with Gasteiger partial charge in [0, 0.05) is 10.9 Å². The van der Waals surface area contributed by atoms with E-state index in [0.717, 1.165) is 30.7 Å². The number of aromatic amines is 1. The van der Waals surface area contributed by atoms with Gasteiger partial charge in [0.25, 0.3) is 0 Å². The van der Waals surface area contributed by atoms with Gasteiger partial charge >= 0.3 is 11.7 Å². The van der Waals surface area contributed by atoms with Crippen molar-refractivity contribution < 1.29 is 14.3 Å². The van der Waals surface area contributed by atoms with Crippen LogP contribution >= 0.6 is 11.8 Å². The van der Waals surface area contributed by atoms with Crippen molar-refractivity contribution >= 4 is 17.7 Å². The lowest BCUT2D eigenvalue weighted by Gasteiger charge is -2.06. The van der Waals surface area contributed by atoms with Crippen molar-refractivity contribution in [2.75, 3.05) is 0 Å². The summed E-state index contributed by atoms with van der Waals surface area (Å²) in [5, 5.41) is 15.7. The van der Waals surface area contributed by atoms with Gasteiger partial charge in [-0.15, -0.1) is 5.10 Å². The summed E-state index contributed by atoms with van der Waals surface area (Å²) in [6.07, 6.45) is 1.81. The number of nitrogens with one attached hydrogen (secondary N) is 1. The van der Waals surface area contributed by atoms with Gasteiger partial charge in [0.2, 0.25) is 0 Å². The first-order valence-electron chi connectivity index (χ1n) is 5.94. The highest BCUT2D eigenvalue weighted by Crippen LogP contribution is 2.38. The van der Waals surface area contributed by atoms with E-state index in [0.29, 0.717) is 10.1 Å². The van der Waals surface area contributed by atoms with Crippen molar-refractivity contribution in [1.29, 1.82) is 0 Å². The molecule has 8 heteroatoms. The van der Waals surface area contributed by atoms with E-state index in [4.69, 9.17) is 5.11 Å². The number of carboxylic acid groups (broad SMARTS) is 1. The zero-order valence-corrected chi connectivity index (χ0v) is 11.0. The molecule has 2 N–H and O–H groups in total. The highest BCUT2D eigenvalue weighted by Gasteiger charge is 2.29. The monoisotopic (exact) mass is 295 g/mol. The highest BCUT2D eigenvalue weighted by atomic mass is 32.2. The van der Waals surface area contributed by atoms with Gasteiger partial charge < -0.3 is 5.11 Å². The van der Waals surface area contributed by atoms with Gasteiger partial charge in [0.05, 0.1) is 5.56 Å². The average Bonchev–Trinajstić information content (AvgIpc) is 3.17. The van der Waals surface area contributed by atoms with E-state index < -0.39 is 11.8 Å². The first-order chi connectivity index (χ1) is 9.56. The number of hydrogen-bond acceptors (Lipinski definition) is 4. The first-order valence-corrected chi connectivity index (χ1v) is 6.75. The molecule has 1 aromatic carbocycles. The molecule has 0 atom stereocenters. The van der Waals surface area contributed by atoms with Crippen LogP contribution < -0.4 is 5.69 Å². The maximum atomic E-state index is 13.1. The largest absolute Gasteiger partial charge is 0.478 e. The van der Waals surface area contributed by atoms with Crippen molar-refractivity contribution in [3.8, 4) is 0 Å². The van der Waals surface area contributed by atoms with Crippen LogP contribution in [-0.2, 0) is 0 Å². The molecule has 1 aromatic heterocycles. The summed E-state index contributed by atoms with van der Waals surface area (Å²) in [5.74, 6) is -1.84. The second-order valence-electron chi connectivity index (χ2n) is 4.46. The Kier molecular flexibility index (Phi) is 3.09. The Hall–Kier alpha value is -2.09. The lowest BCUT2D eigenvalue weighted by molar-refractivity contribution is 0.0692. The number of benzene rings is 1. The van der Waals surface area contributed by atoms with Gasteiger partial charge in [0.1, 0.15) is 5.82 Å². The minimum atomic E-state index is -1.22. The Balaban J connectivity index is 1.99. The summed E-state index contributed by atoms with van der Waals surface area (Å²) in [5.41, 5.74) is -0.457. The number of H-pyrrole nitrogens is 1. The molecule has 1 fully saturated rings. The summed E-state index contributed by atoms with van der Waals surface area (Å²) < 4.78 is 14.6. The molecular formula is C12H10FN3O3S. The zero-order chi connectivity index (χ0) is 14.3. The van der Waals surface area contributed by atoms with Gasteiger partial charge in [-0.2, -0.15) is 0 Å². The smallest absolute Gasteiger partial charge is 0.344 e. The minimum absolute atomic E-state index is 0.123. The predicted octanol–water partition coefficient (Wildman–Crippen LogP) is 1.89. The molecule has 104 valence electrons. The molecule has 0 radical (unpaired) electrons. The second kappa shape index (κ2) is 4.78. The molecule has 0 unspecified atom stereocenters. The first kappa shape index (κ1) is 12.9. The second-order valence-corrected chi connectivity index (χ2v) is 5.47. The normalized spacial score (nSPS) is 14.4. The Labute approximate surface area is 116 Å². The van der Waals surface area contributed by atoms with Crippen molar-refractivity contribution in [3.63, 3.8) is 0 Å². The SMILES string of the molecule is O=C(O)c1cc(F)ccc1Sc1n[nH]c(=O)n1C1CC1. The lowest BCUT2D eigenvalue weighted by atomic mass is 10.2. The summed E-state index contributed by atoms with van der Waals surface area (Å²) in [4.78, 5) is 23.1. The maximum absolute atomic E-state index is 13.1. The molecule has 6 nitrogen and oxygen atoms in total. The van der Waals surface area contributed by atoms with Crippen LogP contribution in [-0.4, -0.2) is 25.8 Å². The number of aromatic nitrogens is 3. The number of halogens is 1. The molecule has 2 aromatic rings. The van der Waals surface area contributed by atoms with Crippen LogP contribution in [0.1, 0.15) is 29.2 Å². The number of nitrogens with zero attached hydrogens (tertiary/aromatic N) is 2. The van der Waals surface area contributed by atoms with Gasteiger partial charge in [-0.3, -0.25) is 4.57 Å². The Morgan fingerprint density at radius 3 is 2.90 bits per heavy atom. The van der Waals surface area contributed by atoms with Gasteiger partial charge in [0.15, 0.2) is 5.16 Å². The standard InChI is InChI=1S/C12H10FN3O3S/c13-6-1-4-9(8(5-6)10(17)18)20-12-15-14-11(19)16(12)7-2-3-7/h1,4-5,7H,2-3H2,(H,14,19)(H,17,18).